The van der Waals surface area contributed by atoms with Crippen LogP contribution in [0.25, 0.3) is 0 Å². The number of rotatable bonds is 5. The summed E-state index contributed by atoms with van der Waals surface area (Å²) in [5.41, 5.74) is 5.49. The van der Waals surface area contributed by atoms with Crippen molar-refractivity contribution in [2.75, 3.05) is 21.2 Å². The van der Waals surface area contributed by atoms with Gasteiger partial charge in [-0.15, -0.1) is 11.3 Å². The minimum absolute atomic E-state index is 0.0185. The number of primary amides is 1. The van der Waals surface area contributed by atoms with Gasteiger partial charge in [0.1, 0.15) is 12.8 Å². The Labute approximate surface area is 103 Å². The van der Waals surface area contributed by atoms with Gasteiger partial charge < -0.3 is 15.5 Å². The van der Waals surface area contributed by atoms with E-state index in [4.69, 9.17) is 5.73 Å². The molecule has 92 valence electrons. The second-order valence-electron chi connectivity index (χ2n) is 3.21. The largest absolute Gasteiger partial charge is 0.398 e. The molecule has 0 aromatic carbocycles. The first kappa shape index (κ1) is 13.1. The first-order valence-corrected chi connectivity index (χ1v) is 5.50. The maximum atomic E-state index is 11.1. The van der Waals surface area contributed by atoms with Crippen molar-refractivity contribution in [2.24, 2.45) is 15.9 Å². The quantitative estimate of drug-likeness (QED) is 0.462. The number of carbonyl (C=O) groups is 1. The van der Waals surface area contributed by atoms with Crippen molar-refractivity contribution in [3.05, 3.63) is 11.1 Å². The third-order valence-electron chi connectivity index (χ3n) is 1.55. The van der Waals surface area contributed by atoms with Crippen LogP contribution in [0.1, 0.15) is 5.69 Å². The number of nitrogens with zero attached hydrogens (tertiary/aromatic N) is 4. The first-order chi connectivity index (χ1) is 8.04. The highest BCUT2D eigenvalue weighted by Crippen LogP contribution is 2.18. The smallest absolute Gasteiger partial charge is 0.273 e. The molecule has 0 saturated heterocycles. The Kier molecular flexibility index (Phi) is 4.58. The molecule has 0 spiro atoms. The molecule has 0 unspecified atom stereocenters. The van der Waals surface area contributed by atoms with Crippen molar-refractivity contribution in [1.29, 1.82) is 0 Å². The molecule has 0 atom stereocenters. The standard InChI is InChI=1S/C9H13N5O2S/c1-14(2)5-11-9-12-6(4-17-9)7(8(10)15)13-16-3/h4-5H,1-3H3,(H2,10,15)/b11-5+,13-7-. The molecule has 0 saturated carbocycles. The predicted octanol–water partition coefficient (Wildman–Crippen LogP) is 0.200. The number of hydrogen-bond donors (Lipinski definition) is 1. The van der Waals surface area contributed by atoms with Crippen LogP contribution in [-0.4, -0.2) is 49.0 Å². The van der Waals surface area contributed by atoms with Crippen molar-refractivity contribution in [3.63, 3.8) is 0 Å². The summed E-state index contributed by atoms with van der Waals surface area (Å²) in [6.07, 6.45) is 1.61. The Morgan fingerprint density at radius 3 is 2.88 bits per heavy atom. The van der Waals surface area contributed by atoms with E-state index in [9.17, 15) is 4.79 Å². The number of aliphatic imine (C=N–C) groups is 1. The zero-order chi connectivity index (χ0) is 12.8. The van der Waals surface area contributed by atoms with E-state index in [1.54, 1.807) is 16.6 Å². The van der Waals surface area contributed by atoms with Crippen LogP contribution < -0.4 is 5.73 Å². The zero-order valence-corrected chi connectivity index (χ0v) is 10.6. The van der Waals surface area contributed by atoms with Crippen LogP contribution in [0.2, 0.25) is 0 Å². The van der Waals surface area contributed by atoms with E-state index in [2.05, 4.69) is 20.0 Å². The van der Waals surface area contributed by atoms with Gasteiger partial charge in [0, 0.05) is 19.5 Å². The van der Waals surface area contributed by atoms with Crippen LogP contribution in [0.15, 0.2) is 15.5 Å². The first-order valence-electron chi connectivity index (χ1n) is 4.62. The molecule has 1 aromatic heterocycles. The summed E-state index contributed by atoms with van der Waals surface area (Å²) in [5, 5.41) is 5.68. The number of nitrogens with two attached hydrogens (primary N) is 1. The molecule has 7 nitrogen and oxygen atoms in total. The monoisotopic (exact) mass is 255 g/mol. The van der Waals surface area contributed by atoms with Crippen molar-refractivity contribution in [3.8, 4) is 0 Å². The van der Waals surface area contributed by atoms with Gasteiger partial charge >= 0.3 is 0 Å². The van der Waals surface area contributed by atoms with Crippen molar-refractivity contribution >= 4 is 34.4 Å². The van der Waals surface area contributed by atoms with Crippen LogP contribution in [-0.2, 0) is 9.63 Å². The lowest BCUT2D eigenvalue weighted by atomic mass is 10.3. The fourth-order valence-corrected chi connectivity index (χ4v) is 1.55. The van der Waals surface area contributed by atoms with Crippen molar-refractivity contribution in [1.82, 2.24) is 9.88 Å². The van der Waals surface area contributed by atoms with Crippen LogP contribution in [0.3, 0.4) is 0 Å². The predicted molar refractivity (Wildman–Crippen MR) is 66.7 cm³/mol. The van der Waals surface area contributed by atoms with Crippen molar-refractivity contribution in [2.45, 2.75) is 0 Å². The fourth-order valence-electron chi connectivity index (χ4n) is 0.906. The Balaban J connectivity index is 2.93. The molecule has 0 aliphatic heterocycles. The molecule has 17 heavy (non-hydrogen) atoms. The second-order valence-corrected chi connectivity index (χ2v) is 4.05. The summed E-state index contributed by atoms with van der Waals surface area (Å²) in [6, 6.07) is 0. The van der Waals surface area contributed by atoms with Gasteiger partial charge in [0.25, 0.3) is 5.91 Å². The molecular formula is C9H13N5O2S. The van der Waals surface area contributed by atoms with Gasteiger partial charge in [-0.3, -0.25) is 4.79 Å². The van der Waals surface area contributed by atoms with Gasteiger partial charge in [-0.05, 0) is 0 Å². The maximum absolute atomic E-state index is 11.1. The van der Waals surface area contributed by atoms with E-state index < -0.39 is 5.91 Å². The Morgan fingerprint density at radius 1 is 1.65 bits per heavy atom. The molecule has 0 aliphatic carbocycles. The van der Waals surface area contributed by atoms with Gasteiger partial charge in [-0.25, -0.2) is 9.98 Å². The highest BCUT2D eigenvalue weighted by atomic mass is 32.1. The minimum Gasteiger partial charge on any atom is -0.398 e. The van der Waals surface area contributed by atoms with Crippen LogP contribution in [0, 0.1) is 0 Å². The third kappa shape index (κ3) is 3.83. The number of hydrogen-bond acceptors (Lipinski definition) is 6. The average molecular weight is 255 g/mol. The third-order valence-corrected chi connectivity index (χ3v) is 2.30. The minimum atomic E-state index is -0.694. The molecule has 0 aliphatic rings. The summed E-state index contributed by atoms with van der Waals surface area (Å²) in [4.78, 5) is 25.6. The summed E-state index contributed by atoms with van der Waals surface area (Å²) >= 11 is 1.28. The SMILES string of the molecule is CO/N=C(\C(N)=O)c1csc(/N=C/N(C)C)n1. The number of aromatic nitrogens is 1. The van der Waals surface area contributed by atoms with E-state index in [1.165, 1.54) is 18.4 Å². The van der Waals surface area contributed by atoms with Crippen molar-refractivity contribution < 1.29 is 9.63 Å². The average Bonchev–Trinajstić information content (AvgIpc) is 2.71. The van der Waals surface area contributed by atoms with E-state index in [0.717, 1.165) is 0 Å². The van der Waals surface area contributed by atoms with Gasteiger partial charge in [0.15, 0.2) is 5.71 Å². The number of thiazole rings is 1. The lowest BCUT2D eigenvalue weighted by Gasteiger charge is -2.00. The lowest BCUT2D eigenvalue weighted by Crippen LogP contribution is -2.24. The number of amides is 1. The molecule has 8 heteroatoms. The molecular weight excluding hydrogens is 242 g/mol. The van der Waals surface area contributed by atoms with Gasteiger partial charge in [-0.1, -0.05) is 5.16 Å². The summed E-state index contributed by atoms with van der Waals surface area (Å²) in [5.74, 6) is -0.694. The van der Waals surface area contributed by atoms with Gasteiger partial charge in [0.2, 0.25) is 5.13 Å². The van der Waals surface area contributed by atoms with Crippen LogP contribution in [0.5, 0.6) is 0 Å². The number of carbonyl (C=O) groups excluding carboxylic acids is 1. The van der Waals surface area contributed by atoms with Crippen LogP contribution in [0.4, 0.5) is 5.13 Å². The summed E-state index contributed by atoms with van der Waals surface area (Å²) in [7, 11) is 5.03. The molecule has 0 fully saturated rings. The Hall–Kier alpha value is -1.96. The summed E-state index contributed by atoms with van der Waals surface area (Å²) in [6.45, 7) is 0. The molecule has 1 rings (SSSR count). The maximum Gasteiger partial charge on any atom is 0.273 e. The van der Waals surface area contributed by atoms with Gasteiger partial charge in [-0.2, -0.15) is 0 Å². The molecule has 1 heterocycles. The van der Waals surface area contributed by atoms with E-state index in [0.29, 0.717) is 10.8 Å². The fraction of sp³-hybridized carbons (Fsp3) is 0.333. The zero-order valence-electron chi connectivity index (χ0n) is 9.75. The van der Waals surface area contributed by atoms with E-state index in [-0.39, 0.29) is 5.71 Å². The molecule has 2 N–H and O–H groups in total. The normalized spacial score (nSPS) is 11.8. The van der Waals surface area contributed by atoms with Crippen LogP contribution >= 0.6 is 11.3 Å². The molecule has 0 radical (unpaired) electrons. The van der Waals surface area contributed by atoms with Gasteiger partial charge in [0.05, 0.1) is 6.34 Å². The molecule has 1 amide bonds. The number of oxime groups is 1. The highest BCUT2D eigenvalue weighted by Gasteiger charge is 2.15. The topological polar surface area (TPSA) is 93.2 Å². The second kappa shape index (κ2) is 5.94. The van der Waals surface area contributed by atoms with E-state index >= 15 is 0 Å². The Morgan fingerprint density at radius 2 is 2.35 bits per heavy atom. The highest BCUT2D eigenvalue weighted by molar-refractivity contribution is 7.13. The molecule has 0 bridgehead atoms. The summed E-state index contributed by atoms with van der Waals surface area (Å²) < 4.78 is 0. The lowest BCUT2D eigenvalue weighted by molar-refractivity contribution is -0.112. The van der Waals surface area contributed by atoms with E-state index in [1.807, 2.05) is 14.1 Å². The molecule has 1 aromatic rings. The Bertz CT molecular complexity index is 452.